The van der Waals surface area contributed by atoms with Crippen LogP contribution < -0.4 is 5.32 Å². The number of carbonyl (C=O) groups excluding carboxylic acids is 1. The fourth-order valence-corrected chi connectivity index (χ4v) is 3.87. The van der Waals surface area contributed by atoms with E-state index >= 15 is 0 Å². The molecule has 0 radical (unpaired) electrons. The Labute approximate surface area is 173 Å². The third-order valence-electron chi connectivity index (χ3n) is 5.31. The minimum atomic E-state index is -0.697. The average Bonchev–Trinajstić information content (AvgIpc) is 2.77. The zero-order chi connectivity index (χ0) is 20.6. The van der Waals surface area contributed by atoms with Gasteiger partial charge in [-0.2, -0.15) is 0 Å². The highest BCUT2D eigenvalue weighted by Gasteiger charge is 2.26. The van der Waals surface area contributed by atoms with E-state index in [-0.39, 0.29) is 12.5 Å². The summed E-state index contributed by atoms with van der Waals surface area (Å²) in [4.78, 5) is 24.5. The quantitative estimate of drug-likeness (QED) is 0.679. The normalized spacial score (nSPS) is 14.2. The standard InChI is InChI=1S/C23H32N4O2/c1-3-14-27(15-4-2)23(29)20(16-28)25-22-18-12-8-9-13-19(18)24-21(26-22)17-10-6-5-7-11-17/h5-7,10-11,20,28H,3-4,8-9,12-16H2,1-2H3,(H,24,25,26). The molecule has 29 heavy (non-hydrogen) atoms. The molecule has 0 spiro atoms. The predicted molar refractivity (Wildman–Crippen MR) is 116 cm³/mol. The summed E-state index contributed by atoms with van der Waals surface area (Å²) < 4.78 is 0. The zero-order valence-electron chi connectivity index (χ0n) is 17.5. The summed E-state index contributed by atoms with van der Waals surface area (Å²) in [7, 11) is 0. The Bertz CT molecular complexity index is 804. The average molecular weight is 397 g/mol. The van der Waals surface area contributed by atoms with Gasteiger partial charge < -0.3 is 15.3 Å². The lowest BCUT2D eigenvalue weighted by Gasteiger charge is -2.28. The van der Waals surface area contributed by atoms with Crippen molar-refractivity contribution < 1.29 is 9.90 Å². The summed E-state index contributed by atoms with van der Waals surface area (Å²) in [5.41, 5.74) is 3.09. The summed E-state index contributed by atoms with van der Waals surface area (Å²) in [5.74, 6) is 1.28. The van der Waals surface area contributed by atoms with Crippen molar-refractivity contribution in [1.29, 1.82) is 0 Å². The molecule has 1 aliphatic rings. The van der Waals surface area contributed by atoms with Gasteiger partial charge in [-0.15, -0.1) is 0 Å². The molecule has 1 amide bonds. The highest BCUT2D eigenvalue weighted by Crippen LogP contribution is 2.29. The first-order chi connectivity index (χ1) is 14.2. The Balaban J connectivity index is 1.92. The number of nitrogens with zero attached hydrogens (tertiary/aromatic N) is 3. The first-order valence-electron chi connectivity index (χ1n) is 10.8. The molecule has 156 valence electrons. The highest BCUT2D eigenvalue weighted by atomic mass is 16.3. The molecule has 2 N–H and O–H groups in total. The number of rotatable bonds is 9. The van der Waals surface area contributed by atoms with Gasteiger partial charge >= 0.3 is 0 Å². The van der Waals surface area contributed by atoms with Crippen molar-refractivity contribution in [1.82, 2.24) is 14.9 Å². The summed E-state index contributed by atoms with van der Waals surface area (Å²) in [6, 6.07) is 9.20. The molecule has 2 aromatic rings. The number of aliphatic hydroxyl groups is 1. The van der Waals surface area contributed by atoms with Gasteiger partial charge in [0.25, 0.3) is 0 Å². The Morgan fingerprint density at radius 3 is 2.45 bits per heavy atom. The number of hydrogen-bond donors (Lipinski definition) is 2. The number of aryl methyl sites for hydroxylation is 1. The molecule has 6 nitrogen and oxygen atoms in total. The molecule has 6 heteroatoms. The number of nitrogens with one attached hydrogen (secondary N) is 1. The van der Waals surface area contributed by atoms with Gasteiger partial charge in [-0.25, -0.2) is 9.97 Å². The minimum absolute atomic E-state index is 0.0689. The number of aliphatic hydroxyl groups excluding tert-OH is 1. The van der Waals surface area contributed by atoms with Crippen LogP contribution in [0.15, 0.2) is 30.3 Å². The number of aromatic nitrogens is 2. The molecule has 1 atom stereocenters. The van der Waals surface area contributed by atoms with Gasteiger partial charge in [0.05, 0.1) is 6.61 Å². The van der Waals surface area contributed by atoms with E-state index in [4.69, 9.17) is 9.97 Å². The van der Waals surface area contributed by atoms with Crippen LogP contribution in [-0.2, 0) is 17.6 Å². The minimum Gasteiger partial charge on any atom is -0.394 e. The summed E-state index contributed by atoms with van der Waals surface area (Å²) in [5, 5.41) is 13.3. The number of benzene rings is 1. The summed E-state index contributed by atoms with van der Waals surface area (Å²) >= 11 is 0. The molecule has 0 aliphatic heterocycles. The van der Waals surface area contributed by atoms with Gasteiger partial charge in [0.15, 0.2) is 5.82 Å². The van der Waals surface area contributed by atoms with E-state index < -0.39 is 6.04 Å². The van der Waals surface area contributed by atoms with Gasteiger partial charge in [-0.1, -0.05) is 44.2 Å². The molecule has 0 fully saturated rings. The topological polar surface area (TPSA) is 78.4 Å². The lowest BCUT2D eigenvalue weighted by atomic mass is 9.96. The van der Waals surface area contributed by atoms with E-state index in [1.807, 2.05) is 35.2 Å². The largest absolute Gasteiger partial charge is 0.394 e. The Morgan fingerprint density at radius 1 is 1.10 bits per heavy atom. The van der Waals surface area contributed by atoms with Crippen LogP contribution in [0.1, 0.15) is 50.8 Å². The van der Waals surface area contributed by atoms with Gasteiger partial charge in [0.1, 0.15) is 11.9 Å². The molecular formula is C23H32N4O2. The lowest BCUT2D eigenvalue weighted by molar-refractivity contribution is -0.132. The van der Waals surface area contributed by atoms with Crippen molar-refractivity contribution in [2.45, 2.75) is 58.4 Å². The highest BCUT2D eigenvalue weighted by molar-refractivity contribution is 5.85. The van der Waals surface area contributed by atoms with E-state index in [1.165, 1.54) is 0 Å². The molecule has 1 aliphatic carbocycles. The van der Waals surface area contributed by atoms with Gasteiger partial charge in [-0.3, -0.25) is 4.79 Å². The fraction of sp³-hybridized carbons (Fsp3) is 0.522. The number of hydrogen-bond acceptors (Lipinski definition) is 5. The third kappa shape index (κ3) is 5.12. The van der Waals surface area contributed by atoms with Crippen molar-refractivity contribution >= 4 is 11.7 Å². The second kappa shape index (κ2) is 10.3. The van der Waals surface area contributed by atoms with Crippen LogP contribution in [-0.4, -0.2) is 51.6 Å². The van der Waals surface area contributed by atoms with E-state index in [1.54, 1.807) is 0 Å². The van der Waals surface area contributed by atoms with Crippen molar-refractivity contribution in [2.75, 3.05) is 25.0 Å². The smallest absolute Gasteiger partial charge is 0.247 e. The number of amides is 1. The maximum atomic E-state index is 13.0. The number of anilines is 1. The van der Waals surface area contributed by atoms with Crippen LogP contribution >= 0.6 is 0 Å². The van der Waals surface area contributed by atoms with Crippen molar-refractivity contribution in [3.05, 3.63) is 41.6 Å². The lowest BCUT2D eigenvalue weighted by Crippen LogP contribution is -2.46. The Kier molecular flexibility index (Phi) is 7.58. The van der Waals surface area contributed by atoms with Crippen LogP contribution in [0.4, 0.5) is 5.82 Å². The van der Waals surface area contributed by atoms with Crippen LogP contribution in [0, 0.1) is 0 Å². The van der Waals surface area contributed by atoms with Crippen LogP contribution in [0.5, 0.6) is 0 Å². The molecule has 3 rings (SSSR count). The number of fused-ring (bicyclic) bond motifs is 1. The second-order valence-electron chi connectivity index (χ2n) is 7.60. The summed E-state index contributed by atoms with van der Waals surface area (Å²) in [6.07, 6.45) is 5.80. The number of carbonyl (C=O) groups is 1. The van der Waals surface area contributed by atoms with Crippen LogP contribution in [0.3, 0.4) is 0 Å². The van der Waals surface area contributed by atoms with E-state index in [0.29, 0.717) is 24.7 Å². The second-order valence-corrected chi connectivity index (χ2v) is 7.60. The van der Waals surface area contributed by atoms with Crippen LogP contribution in [0.2, 0.25) is 0 Å². The van der Waals surface area contributed by atoms with E-state index in [0.717, 1.165) is 55.3 Å². The molecular weight excluding hydrogens is 364 g/mol. The van der Waals surface area contributed by atoms with E-state index in [9.17, 15) is 9.90 Å². The third-order valence-corrected chi connectivity index (χ3v) is 5.31. The molecule has 0 saturated heterocycles. The van der Waals surface area contributed by atoms with Gasteiger partial charge in [0.2, 0.25) is 5.91 Å². The molecule has 0 bridgehead atoms. The van der Waals surface area contributed by atoms with Gasteiger partial charge in [-0.05, 0) is 38.5 Å². The first kappa shape index (κ1) is 21.2. The van der Waals surface area contributed by atoms with Crippen LogP contribution in [0.25, 0.3) is 11.4 Å². The Hall–Kier alpha value is -2.47. The zero-order valence-corrected chi connectivity index (χ0v) is 17.5. The summed E-state index contributed by atoms with van der Waals surface area (Å²) in [6.45, 7) is 5.25. The Morgan fingerprint density at radius 2 is 1.79 bits per heavy atom. The monoisotopic (exact) mass is 396 g/mol. The SMILES string of the molecule is CCCN(CCC)C(=O)C(CO)Nc1nc(-c2ccccc2)nc2c1CCCC2. The molecule has 1 aromatic heterocycles. The maximum Gasteiger partial charge on any atom is 0.247 e. The van der Waals surface area contributed by atoms with Crippen molar-refractivity contribution in [2.24, 2.45) is 0 Å². The molecule has 1 aromatic carbocycles. The fourth-order valence-electron chi connectivity index (χ4n) is 3.87. The van der Waals surface area contributed by atoms with Crippen molar-refractivity contribution in [3.63, 3.8) is 0 Å². The van der Waals surface area contributed by atoms with E-state index in [2.05, 4.69) is 19.2 Å². The first-order valence-corrected chi connectivity index (χ1v) is 10.8. The predicted octanol–water partition coefficient (Wildman–Crippen LogP) is 3.44. The molecule has 1 heterocycles. The van der Waals surface area contributed by atoms with Gasteiger partial charge in [0, 0.05) is 29.9 Å². The molecule has 0 saturated carbocycles. The molecule has 1 unspecified atom stereocenters. The van der Waals surface area contributed by atoms with Crippen molar-refractivity contribution in [3.8, 4) is 11.4 Å². The maximum absolute atomic E-state index is 13.0.